The molecule has 1 N–H and O–H groups in total. The summed E-state index contributed by atoms with van der Waals surface area (Å²) in [4.78, 5) is 11.8. The normalized spacial score (nSPS) is 12.2. The van der Waals surface area contributed by atoms with Crippen molar-refractivity contribution in [2.24, 2.45) is 5.41 Å². The summed E-state index contributed by atoms with van der Waals surface area (Å²) < 4.78 is 23.9. The van der Waals surface area contributed by atoms with Crippen LogP contribution in [0, 0.1) is 5.41 Å². The molecule has 0 radical (unpaired) electrons. The molecule has 4 nitrogen and oxygen atoms in total. The van der Waals surface area contributed by atoms with Gasteiger partial charge in [0.25, 0.3) is 0 Å². The Kier molecular flexibility index (Phi) is 5.11. The first kappa shape index (κ1) is 15.7. The molecule has 0 bridgehead atoms. The van der Waals surface area contributed by atoms with Gasteiger partial charge in [0.05, 0.1) is 4.90 Å². The van der Waals surface area contributed by atoms with E-state index in [1.54, 1.807) is 18.2 Å². The van der Waals surface area contributed by atoms with Crippen LogP contribution in [0.2, 0.25) is 0 Å². The Balaban J connectivity index is 2.53. The molecule has 1 aromatic carbocycles. The fraction of sp³-hybridized carbons (Fsp3) is 0.500. The van der Waals surface area contributed by atoms with E-state index in [1.807, 2.05) is 0 Å². The minimum absolute atomic E-state index is 0.117. The fourth-order valence-electron chi connectivity index (χ4n) is 1.51. The van der Waals surface area contributed by atoms with E-state index in [0.29, 0.717) is 6.54 Å². The molecule has 0 aliphatic heterocycles. The van der Waals surface area contributed by atoms with Crippen LogP contribution < -0.4 is 5.32 Å². The molecular formula is C14H21NO3S. The number of nitrogens with one attached hydrogen (secondary N) is 1. The number of sulfone groups is 1. The number of hydrogen-bond donors (Lipinski definition) is 1. The van der Waals surface area contributed by atoms with Gasteiger partial charge in [0.15, 0.2) is 9.84 Å². The zero-order valence-corrected chi connectivity index (χ0v) is 12.5. The number of carbonyl (C=O) groups is 1. The van der Waals surface area contributed by atoms with Gasteiger partial charge in [-0.1, -0.05) is 39.0 Å². The van der Waals surface area contributed by atoms with Crippen molar-refractivity contribution in [2.75, 3.05) is 12.3 Å². The van der Waals surface area contributed by atoms with Crippen molar-refractivity contribution in [3.63, 3.8) is 0 Å². The van der Waals surface area contributed by atoms with Crippen molar-refractivity contribution in [2.45, 2.75) is 32.1 Å². The highest BCUT2D eigenvalue weighted by Crippen LogP contribution is 2.17. The van der Waals surface area contributed by atoms with Gasteiger partial charge in [0.1, 0.15) is 5.75 Å². The quantitative estimate of drug-likeness (QED) is 0.899. The molecule has 1 amide bonds. The van der Waals surface area contributed by atoms with E-state index in [1.165, 1.54) is 12.1 Å². The number of amides is 1. The Morgan fingerprint density at radius 3 is 2.26 bits per heavy atom. The van der Waals surface area contributed by atoms with E-state index in [0.717, 1.165) is 6.42 Å². The average Bonchev–Trinajstić information content (AvgIpc) is 2.27. The Bertz CT molecular complexity index is 515. The molecule has 0 aliphatic rings. The zero-order chi connectivity index (χ0) is 14.5. The third kappa shape index (κ3) is 5.87. The lowest BCUT2D eigenvalue weighted by Gasteiger charge is -2.17. The predicted molar refractivity (Wildman–Crippen MR) is 75.6 cm³/mol. The molecule has 106 valence electrons. The van der Waals surface area contributed by atoms with Crippen LogP contribution in [0.5, 0.6) is 0 Å². The average molecular weight is 283 g/mol. The highest BCUT2D eigenvalue weighted by molar-refractivity contribution is 7.92. The summed E-state index contributed by atoms with van der Waals surface area (Å²) in [5.41, 5.74) is 0.117. The molecule has 0 fully saturated rings. The molecule has 0 aromatic heterocycles. The van der Waals surface area contributed by atoms with E-state index < -0.39 is 21.5 Å². The van der Waals surface area contributed by atoms with Crippen molar-refractivity contribution < 1.29 is 13.2 Å². The van der Waals surface area contributed by atoms with E-state index in [9.17, 15) is 13.2 Å². The largest absolute Gasteiger partial charge is 0.355 e. The van der Waals surface area contributed by atoms with Gasteiger partial charge in [-0.2, -0.15) is 0 Å². The van der Waals surface area contributed by atoms with Crippen LogP contribution in [-0.2, 0) is 14.6 Å². The highest BCUT2D eigenvalue weighted by atomic mass is 32.2. The highest BCUT2D eigenvalue weighted by Gasteiger charge is 2.19. The second-order valence-electron chi connectivity index (χ2n) is 5.73. The van der Waals surface area contributed by atoms with Gasteiger partial charge in [-0.05, 0) is 24.0 Å². The summed E-state index contributed by atoms with van der Waals surface area (Å²) in [7, 11) is -3.54. The molecule has 5 heteroatoms. The van der Waals surface area contributed by atoms with Crippen LogP contribution in [-0.4, -0.2) is 26.6 Å². The first-order valence-corrected chi connectivity index (χ1v) is 7.90. The fourth-order valence-corrected chi connectivity index (χ4v) is 2.70. The molecule has 1 aromatic rings. The monoisotopic (exact) mass is 283 g/mol. The van der Waals surface area contributed by atoms with Gasteiger partial charge in [0, 0.05) is 6.54 Å². The van der Waals surface area contributed by atoms with Crippen molar-refractivity contribution in [3.8, 4) is 0 Å². The molecule has 0 saturated heterocycles. The van der Waals surface area contributed by atoms with Gasteiger partial charge < -0.3 is 5.32 Å². The minimum atomic E-state index is -3.54. The zero-order valence-electron chi connectivity index (χ0n) is 11.6. The van der Waals surface area contributed by atoms with E-state index in [-0.39, 0.29) is 10.3 Å². The summed E-state index contributed by atoms with van der Waals surface area (Å²) in [5, 5.41) is 2.65. The van der Waals surface area contributed by atoms with E-state index >= 15 is 0 Å². The standard InChI is InChI=1S/C14H21NO3S/c1-14(2,3)9-10-15-13(16)11-19(17,18)12-7-5-4-6-8-12/h4-8H,9-11H2,1-3H3,(H,15,16). The number of benzene rings is 1. The molecule has 0 heterocycles. The second-order valence-corrected chi connectivity index (χ2v) is 7.72. The Hall–Kier alpha value is -1.36. The van der Waals surface area contributed by atoms with Gasteiger partial charge in [0.2, 0.25) is 5.91 Å². The van der Waals surface area contributed by atoms with Crippen molar-refractivity contribution in [3.05, 3.63) is 30.3 Å². The van der Waals surface area contributed by atoms with Crippen molar-refractivity contribution in [1.82, 2.24) is 5.32 Å². The van der Waals surface area contributed by atoms with Crippen LogP contribution in [0.15, 0.2) is 35.2 Å². The second kappa shape index (κ2) is 6.19. The molecule has 0 spiro atoms. The summed E-state index contributed by atoms with van der Waals surface area (Å²) in [6.07, 6.45) is 0.810. The van der Waals surface area contributed by atoms with Gasteiger partial charge in [-0.25, -0.2) is 8.42 Å². The molecular weight excluding hydrogens is 262 g/mol. The van der Waals surface area contributed by atoms with Crippen LogP contribution >= 0.6 is 0 Å². The summed E-state index contributed by atoms with van der Waals surface area (Å²) >= 11 is 0. The van der Waals surface area contributed by atoms with E-state index in [4.69, 9.17) is 0 Å². The Morgan fingerprint density at radius 1 is 1.16 bits per heavy atom. The van der Waals surface area contributed by atoms with Crippen LogP contribution in [0.1, 0.15) is 27.2 Å². The molecule has 1 rings (SSSR count). The lowest BCUT2D eigenvalue weighted by Crippen LogP contribution is -2.32. The molecule has 0 atom stereocenters. The molecule has 0 unspecified atom stereocenters. The predicted octanol–water partition coefficient (Wildman–Crippen LogP) is 2.01. The van der Waals surface area contributed by atoms with Gasteiger partial charge in [-0.3, -0.25) is 4.79 Å². The third-order valence-corrected chi connectivity index (χ3v) is 4.25. The third-order valence-electron chi connectivity index (χ3n) is 2.62. The Morgan fingerprint density at radius 2 is 1.74 bits per heavy atom. The first-order chi connectivity index (χ1) is 8.71. The van der Waals surface area contributed by atoms with Gasteiger partial charge in [-0.15, -0.1) is 0 Å². The van der Waals surface area contributed by atoms with Crippen LogP contribution in [0.25, 0.3) is 0 Å². The molecule has 0 aliphatic carbocycles. The maximum Gasteiger partial charge on any atom is 0.235 e. The molecule has 0 saturated carbocycles. The van der Waals surface area contributed by atoms with E-state index in [2.05, 4.69) is 26.1 Å². The topological polar surface area (TPSA) is 63.2 Å². The van der Waals surface area contributed by atoms with Crippen LogP contribution in [0.4, 0.5) is 0 Å². The lowest BCUT2D eigenvalue weighted by atomic mass is 9.92. The van der Waals surface area contributed by atoms with Gasteiger partial charge >= 0.3 is 0 Å². The first-order valence-electron chi connectivity index (χ1n) is 6.25. The number of rotatable bonds is 5. The van der Waals surface area contributed by atoms with Crippen molar-refractivity contribution in [1.29, 1.82) is 0 Å². The number of carbonyl (C=O) groups excluding carboxylic acids is 1. The minimum Gasteiger partial charge on any atom is -0.355 e. The lowest BCUT2D eigenvalue weighted by molar-refractivity contribution is -0.118. The van der Waals surface area contributed by atoms with Crippen LogP contribution in [0.3, 0.4) is 0 Å². The summed E-state index contributed by atoms with van der Waals surface area (Å²) in [5.74, 6) is -0.950. The maximum atomic E-state index is 11.9. The summed E-state index contributed by atoms with van der Waals surface area (Å²) in [6.45, 7) is 6.70. The Labute approximate surface area is 115 Å². The smallest absolute Gasteiger partial charge is 0.235 e. The molecule has 19 heavy (non-hydrogen) atoms. The maximum absolute atomic E-state index is 11.9. The summed E-state index contributed by atoms with van der Waals surface area (Å²) in [6, 6.07) is 8.02. The number of hydrogen-bond acceptors (Lipinski definition) is 3. The van der Waals surface area contributed by atoms with Crippen molar-refractivity contribution >= 4 is 15.7 Å². The SMILES string of the molecule is CC(C)(C)CCNC(=O)CS(=O)(=O)c1ccccc1.